The minimum Gasteiger partial charge on any atom is -0.309 e. The van der Waals surface area contributed by atoms with Gasteiger partial charge in [0.25, 0.3) is 0 Å². The van der Waals surface area contributed by atoms with E-state index in [2.05, 4.69) is 250 Å². The molecular weight excluding hydrogens is 971 g/mol. The van der Waals surface area contributed by atoms with Gasteiger partial charge in [0.2, 0.25) is 0 Å². The predicted octanol–water partition coefficient (Wildman–Crippen LogP) is 18.1. The number of para-hydroxylation sites is 4. The van der Waals surface area contributed by atoms with Crippen LogP contribution < -0.4 is 0 Å². The Morgan fingerprint density at radius 3 is 1.62 bits per heavy atom. The molecule has 11 aromatic carbocycles. The molecule has 78 heavy (non-hydrogen) atoms. The van der Waals surface area contributed by atoms with Gasteiger partial charge in [0.15, 0.2) is 17.5 Å². The van der Waals surface area contributed by atoms with Gasteiger partial charge in [0.1, 0.15) is 6.07 Å². The molecule has 0 bridgehead atoms. The molecule has 16 aromatic rings. The van der Waals surface area contributed by atoms with E-state index in [-0.39, 0.29) is 0 Å². The van der Waals surface area contributed by atoms with E-state index < -0.39 is 0 Å². The highest BCUT2D eigenvalue weighted by Gasteiger charge is 2.24. The van der Waals surface area contributed by atoms with Gasteiger partial charge in [-0.3, -0.25) is 0 Å². The summed E-state index contributed by atoms with van der Waals surface area (Å²) < 4.78 is 9.55. The molecule has 0 atom stereocenters. The normalized spacial score (nSPS) is 11.8. The number of rotatable bonds is 7. The second-order valence-corrected chi connectivity index (χ2v) is 20.9. The van der Waals surface area contributed by atoms with E-state index in [1.54, 1.807) is 0 Å². The van der Waals surface area contributed by atoms with Crippen molar-refractivity contribution in [1.29, 1.82) is 5.26 Å². The van der Waals surface area contributed by atoms with Crippen LogP contribution >= 0.6 is 11.3 Å². The number of benzene rings is 11. The van der Waals surface area contributed by atoms with Crippen LogP contribution in [0.2, 0.25) is 0 Å². The van der Waals surface area contributed by atoms with Gasteiger partial charge in [-0.05, 0) is 114 Å². The van der Waals surface area contributed by atoms with Crippen LogP contribution in [0.3, 0.4) is 0 Å². The Balaban J connectivity index is 0.897. The summed E-state index contributed by atoms with van der Waals surface area (Å²) in [6.45, 7) is 0. The van der Waals surface area contributed by atoms with Crippen molar-refractivity contribution in [3.05, 3.63) is 254 Å². The third-order valence-corrected chi connectivity index (χ3v) is 16.7. The van der Waals surface area contributed by atoms with Crippen LogP contribution in [0.5, 0.6) is 0 Å². The summed E-state index contributed by atoms with van der Waals surface area (Å²) in [6, 6.07) is 90.2. The van der Waals surface area contributed by atoms with Gasteiger partial charge < -0.3 is 13.7 Å². The van der Waals surface area contributed by atoms with Gasteiger partial charge in [-0.25, -0.2) is 15.0 Å². The lowest BCUT2D eigenvalue weighted by Crippen LogP contribution is -2.02. The maximum absolute atomic E-state index is 11.4. The number of thiophene rings is 1. The molecule has 0 saturated carbocycles. The minimum atomic E-state index is 0.470. The van der Waals surface area contributed by atoms with E-state index in [1.807, 2.05) is 29.5 Å². The van der Waals surface area contributed by atoms with Crippen LogP contribution in [-0.4, -0.2) is 28.7 Å². The van der Waals surface area contributed by atoms with Crippen molar-refractivity contribution in [1.82, 2.24) is 28.7 Å². The van der Waals surface area contributed by atoms with E-state index >= 15 is 0 Å². The van der Waals surface area contributed by atoms with Crippen molar-refractivity contribution >= 4 is 96.9 Å². The summed E-state index contributed by atoms with van der Waals surface area (Å²) in [5, 5.41) is 20.6. The second kappa shape index (κ2) is 17.3. The summed E-state index contributed by atoms with van der Waals surface area (Å²) in [7, 11) is 0. The lowest BCUT2D eigenvalue weighted by molar-refractivity contribution is 1.07. The first kappa shape index (κ1) is 43.9. The highest BCUT2D eigenvalue weighted by atomic mass is 32.1. The second-order valence-electron chi connectivity index (χ2n) is 19.9. The molecule has 0 radical (unpaired) electrons. The first-order valence-corrected chi connectivity index (χ1v) is 26.9. The zero-order chi connectivity index (χ0) is 51.4. The lowest BCUT2D eigenvalue weighted by Gasteiger charge is -2.14. The number of nitriles is 1. The Morgan fingerprint density at radius 1 is 0.321 bits per heavy atom. The van der Waals surface area contributed by atoms with Crippen molar-refractivity contribution in [2.75, 3.05) is 0 Å². The molecule has 0 amide bonds. The smallest absolute Gasteiger partial charge is 0.164 e. The minimum absolute atomic E-state index is 0.470. The quantitative estimate of drug-likeness (QED) is 0.159. The first-order chi connectivity index (χ1) is 38.6. The van der Waals surface area contributed by atoms with Crippen LogP contribution in [0, 0.1) is 11.3 Å². The Morgan fingerprint density at radius 2 is 0.859 bits per heavy atom. The third-order valence-electron chi connectivity index (χ3n) is 15.5. The molecule has 16 rings (SSSR count). The summed E-state index contributed by atoms with van der Waals surface area (Å²) in [5.41, 5.74) is 14.5. The summed E-state index contributed by atoms with van der Waals surface area (Å²) in [5.74, 6) is 1.54. The fraction of sp³-hybridized carbons (Fsp3) is 0. The van der Waals surface area contributed by atoms with Gasteiger partial charge in [-0.1, -0.05) is 146 Å². The maximum atomic E-state index is 11.4. The highest BCUT2D eigenvalue weighted by Crippen LogP contribution is 2.44. The molecule has 362 valence electrons. The fourth-order valence-corrected chi connectivity index (χ4v) is 13.1. The molecule has 0 fully saturated rings. The number of aromatic nitrogens is 6. The summed E-state index contributed by atoms with van der Waals surface area (Å²) in [4.78, 5) is 15.8. The Hall–Kier alpha value is -10.5. The van der Waals surface area contributed by atoms with Crippen molar-refractivity contribution in [2.24, 2.45) is 0 Å². The highest BCUT2D eigenvalue weighted by molar-refractivity contribution is 7.25. The van der Waals surface area contributed by atoms with Crippen molar-refractivity contribution < 1.29 is 0 Å². The SMILES string of the molecule is N#Cc1cc(-c2nc(-c3cccc(-c4ccccc4)c3)nc(-c3ccc4c(c3)c3ccccc3n4-c3ccccc3)n2)ccc1-n1c2ccccc2c2ccc3c(c4ccccc4n3-c3ccc4sc5ccccc5c4c3)c21. The molecule has 5 aromatic heterocycles. The molecule has 0 N–H and O–H groups in total. The third kappa shape index (κ3) is 6.72. The molecule has 0 unspecified atom stereocenters. The molecule has 5 heterocycles. The Kier molecular flexibility index (Phi) is 9.73. The maximum Gasteiger partial charge on any atom is 0.164 e. The van der Waals surface area contributed by atoms with Crippen molar-refractivity contribution in [3.8, 4) is 68.4 Å². The van der Waals surface area contributed by atoms with E-state index in [0.29, 0.717) is 28.6 Å². The zero-order valence-corrected chi connectivity index (χ0v) is 42.5. The van der Waals surface area contributed by atoms with Crippen LogP contribution in [-0.2, 0) is 0 Å². The average molecular weight is 1010 g/mol. The molecule has 0 aliphatic carbocycles. The average Bonchev–Trinajstić information content (AvgIpc) is 4.46. The predicted molar refractivity (Wildman–Crippen MR) is 322 cm³/mol. The Labute approximate surface area is 451 Å². The number of hydrogen-bond donors (Lipinski definition) is 0. The van der Waals surface area contributed by atoms with E-state index in [0.717, 1.165) is 105 Å². The van der Waals surface area contributed by atoms with Crippen LogP contribution in [0.25, 0.3) is 148 Å². The molecule has 7 nitrogen and oxygen atoms in total. The van der Waals surface area contributed by atoms with Crippen LogP contribution in [0.15, 0.2) is 249 Å². The van der Waals surface area contributed by atoms with Gasteiger partial charge in [-0.15, -0.1) is 11.3 Å². The molecule has 0 aliphatic rings. The summed E-state index contributed by atoms with van der Waals surface area (Å²) >= 11 is 1.83. The molecule has 8 heteroatoms. The standard InChI is InChI=1S/C70H41N7S/c71-42-48-39-46(69-72-68(45-19-15-18-44(38-45)43-16-3-1-4-17-43)73-70(74-69)47-31-35-62-56(40-47)52-23-8-11-26-59(52)75(62)49-20-5-2-6-21-49)30-34-58(48)77-60-27-12-7-22-51(60)54-33-36-63-66(67(54)77)55-25-9-13-28-61(55)76(63)50-32-37-65-57(41-50)53-24-10-14-29-64(53)78-65/h1-41H. The van der Waals surface area contributed by atoms with E-state index in [1.165, 1.54) is 20.2 Å². The molecule has 0 aliphatic heterocycles. The molecule has 0 spiro atoms. The topological polar surface area (TPSA) is 77.2 Å². The Bertz CT molecular complexity index is 5170. The van der Waals surface area contributed by atoms with Crippen LogP contribution in [0.1, 0.15) is 5.56 Å². The summed E-state index contributed by atoms with van der Waals surface area (Å²) in [6.07, 6.45) is 0. The van der Waals surface area contributed by atoms with Crippen molar-refractivity contribution in [3.63, 3.8) is 0 Å². The first-order valence-electron chi connectivity index (χ1n) is 26.1. The van der Waals surface area contributed by atoms with E-state index in [4.69, 9.17) is 15.0 Å². The van der Waals surface area contributed by atoms with Gasteiger partial charge in [-0.2, -0.15) is 5.26 Å². The van der Waals surface area contributed by atoms with Crippen LogP contribution in [0.4, 0.5) is 0 Å². The molecular formula is C70H41N7S. The van der Waals surface area contributed by atoms with Crippen molar-refractivity contribution in [2.45, 2.75) is 0 Å². The number of fused-ring (bicyclic) bond motifs is 13. The monoisotopic (exact) mass is 1010 g/mol. The largest absolute Gasteiger partial charge is 0.309 e. The lowest BCUT2D eigenvalue weighted by atomic mass is 10.0. The number of hydrogen-bond acceptors (Lipinski definition) is 5. The fourth-order valence-electron chi connectivity index (χ4n) is 12.0. The molecule has 0 saturated heterocycles. The van der Waals surface area contributed by atoms with Gasteiger partial charge in [0, 0.05) is 80.6 Å². The van der Waals surface area contributed by atoms with Gasteiger partial charge in [0.05, 0.1) is 44.4 Å². The number of nitrogens with zero attached hydrogens (tertiary/aromatic N) is 7. The van der Waals surface area contributed by atoms with Gasteiger partial charge >= 0.3 is 0 Å². The van der Waals surface area contributed by atoms with E-state index in [9.17, 15) is 5.26 Å². The zero-order valence-electron chi connectivity index (χ0n) is 41.7.